The average molecular weight is 309 g/mol. The van der Waals surface area contributed by atoms with Crippen molar-refractivity contribution in [3.05, 3.63) is 71.2 Å². The van der Waals surface area contributed by atoms with Gasteiger partial charge in [0.15, 0.2) is 0 Å². The highest BCUT2D eigenvalue weighted by Gasteiger charge is 2.22. The first kappa shape index (κ1) is 15.0. The van der Waals surface area contributed by atoms with Crippen LogP contribution >= 0.6 is 0 Å². The molecule has 1 aliphatic rings. The molecule has 3 rings (SSSR count). The van der Waals surface area contributed by atoms with Gasteiger partial charge in [0.1, 0.15) is 17.3 Å². The molecule has 0 bridgehead atoms. The summed E-state index contributed by atoms with van der Waals surface area (Å²) in [5.74, 6) is -0.507. The van der Waals surface area contributed by atoms with Crippen molar-refractivity contribution >= 4 is 23.5 Å². The van der Waals surface area contributed by atoms with E-state index >= 15 is 0 Å². The van der Waals surface area contributed by atoms with Gasteiger partial charge in [-0.2, -0.15) is 0 Å². The summed E-state index contributed by atoms with van der Waals surface area (Å²) in [6, 6.07) is 14.0. The molecule has 0 unspecified atom stereocenters. The monoisotopic (exact) mass is 309 g/mol. The van der Waals surface area contributed by atoms with Gasteiger partial charge in [-0.05, 0) is 35.9 Å². The molecule has 0 saturated heterocycles. The molecule has 0 radical (unpaired) electrons. The minimum atomic E-state index is -0.414. The van der Waals surface area contributed by atoms with Crippen molar-refractivity contribution < 1.29 is 9.18 Å². The van der Waals surface area contributed by atoms with Crippen LogP contribution in [0.2, 0.25) is 0 Å². The summed E-state index contributed by atoms with van der Waals surface area (Å²) in [6.07, 6.45) is 1.68. The molecule has 5 heteroatoms. The molecule has 1 N–H and O–H groups in total. The van der Waals surface area contributed by atoms with E-state index in [4.69, 9.17) is 0 Å². The Bertz CT molecular complexity index is 807. The average Bonchev–Trinajstić information content (AvgIpc) is 2.89. The van der Waals surface area contributed by atoms with Crippen LogP contribution in [-0.2, 0) is 4.79 Å². The van der Waals surface area contributed by atoms with E-state index in [-0.39, 0.29) is 23.0 Å². The van der Waals surface area contributed by atoms with Crippen LogP contribution in [0.3, 0.4) is 0 Å². The highest BCUT2D eigenvalue weighted by Crippen LogP contribution is 2.18. The van der Waals surface area contributed by atoms with Crippen LogP contribution in [0.4, 0.5) is 10.1 Å². The van der Waals surface area contributed by atoms with E-state index < -0.39 is 5.82 Å². The maximum absolute atomic E-state index is 13.8. The molecular weight excluding hydrogens is 293 g/mol. The minimum Gasteiger partial charge on any atom is -0.378 e. The van der Waals surface area contributed by atoms with E-state index in [0.717, 1.165) is 11.3 Å². The van der Waals surface area contributed by atoms with E-state index in [1.165, 1.54) is 6.07 Å². The lowest BCUT2D eigenvalue weighted by molar-refractivity contribution is -0.115. The molecule has 0 saturated carbocycles. The van der Waals surface area contributed by atoms with Crippen molar-refractivity contribution in [2.45, 2.75) is 0 Å². The fourth-order valence-electron chi connectivity index (χ4n) is 2.28. The first-order valence-electron chi connectivity index (χ1n) is 7.18. The van der Waals surface area contributed by atoms with E-state index in [1.54, 1.807) is 24.3 Å². The van der Waals surface area contributed by atoms with Gasteiger partial charge in [-0.25, -0.2) is 9.38 Å². The number of halogens is 1. The molecule has 2 aromatic rings. The summed E-state index contributed by atoms with van der Waals surface area (Å²) in [5.41, 5.74) is 2.48. The molecule has 0 aliphatic carbocycles. The number of nitrogens with one attached hydrogen (secondary N) is 1. The Labute approximate surface area is 134 Å². The normalized spacial score (nSPS) is 15.5. The molecule has 0 spiro atoms. The number of anilines is 1. The maximum atomic E-state index is 13.8. The predicted octanol–water partition coefficient (Wildman–Crippen LogP) is 2.81. The number of amidine groups is 1. The number of hydrogen-bond acceptors (Lipinski definition) is 3. The number of hydrogen-bond donors (Lipinski definition) is 1. The zero-order valence-electron chi connectivity index (χ0n) is 12.9. The Morgan fingerprint density at radius 1 is 1.09 bits per heavy atom. The van der Waals surface area contributed by atoms with Crippen LogP contribution in [-0.4, -0.2) is 25.8 Å². The second-order valence-corrected chi connectivity index (χ2v) is 5.41. The SMILES string of the molecule is CN(C)c1ccc(/C=C2/N=C(c3ccccc3F)NC2=O)cc1. The first-order valence-corrected chi connectivity index (χ1v) is 7.18. The largest absolute Gasteiger partial charge is 0.378 e. The Hall–Kier alpha value is -2.95. The lowest BCUT2D eigenvalue weighted by atomic mass is 10.1. The molecule has 2 aromatic carbocycles. The van der Waals surface area contributed by atoms with Crippen LogP contribution in [0.1, 0.15) is 11.1 Å². The predicted molar refractivity (Wildman–Crippen MR) is 89.8 cm³/mol. The summed E-state index contributed by atoms with van der Waals surface area (Å²) >= 11 is 0. The van der Waals surface area contributed by atoms with Gasteiger partial charge < -0.3 is 10.2 Å². The number of nitrogens with zero attached hydrogens (tertiary/aromatic N) is 2. The van der Waals surface area contributed by atoms with Gasteiger partial charge in [0, 0.05) is 19.8 Å². The van der Waals surface area contributed by atoms with Crippen molar-refractivity contribution in [2.24, 2.45) is 4.99 Å². The van der Waals surface area contributed by atoms with E-state index in [1.807, 2.05) is 43.3 Å². The van der Waals surface area contributed by atoms with Gasteiger partial charge in [-0.3, -0.25) is 4.79 Å². The second-order valence-electron chi connectivity index (χ2n) is 5.41. The third kappa shape index (κ3) is 3.13. The van der Waals surface area contributed by atoms with Gasteiger partial charge in [0.2, 0.25) is 0 Å². The van der Waals surface area contributed by atoms with E-state index in [0.29, 0.717) is 0 Å². The van der Waals surface area contributed by atoms with Crippen molar-refractivity contribution in [1.29, 1.82) is 0 Å². The molecule has 0 aromatic heterocycles. The van der Waals surface area contributed by atoms with Gasteiger partial charge >= 0.3 is 0 Å². The summed E-state index contributed by atoms with van der Waals surface area (Å²) in [6.45, 7) is 0. The van der Waals surface area contributed by atoms with Crippen molar-refractivity contribution in [2.75, 3.05) is 19.0 Å². The fourth-order valence-corrected chi connectivity index (χ4v) is 2.28. The van der Waals surface area contributed by atoms with Crippen molar-refractivity contribution in [3.63, 3.8) is 0 Å². The van der Waals surface area contributed by atoms with Crippen molar-refractivity contribution in [1.82, 2.24) is 5.32 Å². The van der Waals surface area contributed by atoms with Crippen LogP contribution in [0.25, 0.3) is 6.08 Å². The van der Waals surface area contributed by atoms with Crippen molar-refractivity contribution in [3.8, 4) is 0 Å². The first-order chi connectivity index (χ1) is 11.0. The highest BCUT2D eigenvalue weighted by atomic mass is 19.1. The van der Waals surface area contributed by atoms with Gasteiger partial charge in [0.25, 0.3) is 5.91 Å². The number of amides is 1. The van der Waals surface area contributed by atoms with Crippen LogP contribution in [0.5, 0.6) is 0 Å². The Kier molecular flexibility index (Phi) is 3.93. The van der Waals surface area contributed by atoms with Crippen LogP contribution in [0.15, 0.2) is 59.2 Å². The molecule has 1 heterocycles. The van der Waals surface area contributed by atoms with Crippen LogP contribution in [0, 0.1) is 5.82 Å². The number of benzene rings is 2. The van der Waals surface area contributed by atoms with E-state index in [9.17, 15) is 9.18 Å². The summed E-state index contributed by atoms with van der Waals surface area (Å²) in [4.78, 5) is 18.2. The Morgan fingerprint density at radius 2 is 1.78 bits per heavy atom. The Morgan fingerprint density at radius 3 is 2.43 bits per heavy atom. The summed E-state index contributed by atoms with van der Waals surface area (Å²) in [7, 11) is 3.92. The fraction of sp³-hybridized carbons (Fsp3) is 0.111. The standard InChI is InChI=1S/C18H16FN3O/c1-22(2)13-9-7-12(8-10-13)11-16-18(23)21-17(20-16)14-5-3-4-6-15(14)19/h3-11H,1-2H3,(H,20,21,23)/b16-11+. The molecule has 4 nitrogen and oxygen atoms in total. The molecule has 1 aliphatic heterocycles. The zero-order chi connectivity index (χ0) is 16.4. The minimum absolute atomic E-state index is 0.240. The number of carbonyl (C=O) groups is 1. The third-order valence-electron chi connectivity index (χ3n) is 3.54. The third-order valence-corrected chi connectivity index (χ3v) is 3.54. The number of aliphatic imine (C=N–C) groups is 1. The van der Waals surface area contributed by atoms with E-state index in [2.05, 4.69) is 10.3 Å². The van der Waals surface area contributed by atoms with Crippen LogP contribution < -0.4 is 10.2 Å². The molecule has 0 atom stereocenters. The molecule has 0 fully saturated rings. The topological polar surface area (TPSA) is 44.7 Å². The van der Waals surface area contributed by atoms with Gasteiger partial charge in [0.05, 0.1) is 5.56 Å². The second kappa shape index (κ2) is 6.04. The maximum Gasteiger partial charge on any atom is 0.275 e. The lowest BCUT2D eigenvalue weighted by Crippen LogP contribution is -2.25. The molecule has 116 valence electrons. The quantitative estimate of drug-likeness (QED) is 0.886. The van der Waals surface area contributed by atoms with Gasteiger partial charge in [-0.15, -0.1) is 0 Å². The highest BCUT2D eigenvalue weighted by molar-refractivity contribution is 6.19. The Balaban J connectivity index is 1.90. The number of rotatable bonds is 3. The summed E-state index contributed by atoms with van der Waals surface area (Å²) in [5, 5.41) is 2.61. The lowest BCUT2D eigenvalue weighted by Gasteiger charge is -2.11. The zero-order valence-corrected chi connectivity index (χ0v) is 12.9. The summed E-state index contributed by atoms with van der Waals surface area (Å²) < 4.78 is 13.8. The smallest absolute Gasteiger partial charge is 0.275 e. The molecule has 1 amide bonds. The molecular formula is C18H16FN3O. The molecule has 23 heavy (non-hydrogen) atoms. The van der Waals surface area contributed by atoms with Gasteiger partial charge in [-0.1, -0.05) is 24.3 Å². The number of carbonyl (C=O) groups excluding carboxylic acids is 1.